The zero-order valence-corrected chi connectivity index (χ0v) is 13.9. The van der Waals surface area contributed by atoms with Crippen molar-refractivity contribution in [2.24, 2.45) is 5.92 Å². The molecule has 1 aromatic carbocycles. The minimum absolute atomic E-state index is 0.0333. The molecule has 2 heterocycles. The maximum atomic E-state index is 12.4. The fourth-order valence-corrected chi connectivity index (χ4v) is 3.49. The molecule has 0 saturated carbocycles. The quantitative estimate of drug-likeness (QED) is 0.864. The van der Waals surface area contributed by atoms with E-state index in [2.05, 4.69) is 10.6 Å². The zero-order valence-electron chi connectivity index (χ0n) is 13.9. The summed E-state index contributed by atoms with van der Waals surface area (Å²) in [6, 6.07) is 7.54. The van der Waals surface area contributed by atoms with Crippen molar-refractivity contribution in [2.75, 3.05) is 26.2 Å². The van der Waals surface area contributed by atoms with Gasteiger partial charge in [-0.2, -0.15) is 0 Å². The Hall–Kier alpha value is -2.37. The lowest BCUT2D eigenvalue weighted by Crippen LogP contribution is -2.44. The largest absolute Gasteiger partial charge is 0.355 e. The van der Waals surface area contributed by atoms with Crippen LogP contribution in [-0.2, 0) is 9.59 Å². The SMILES string of the molecule is CC(=O)N1CCC(C(=O)NCC2CNC(=O)c3ccccc32)CC1. The Bertz CT molecular complexity index is 651. The number of benzene rings is 1. The third kappa shape index (κ3) is 3.42. The van der Waals surface area contributed by atoms with E-state index in [1.807, 2.05) is 24.3 Å². The molecule has 128 valence electrons. The Morgan fingerprint density at radius 2 is 1.96 bits per heavy atom. The lowest BCUT2D eigenvalue weighted by molar-refractivity contribution is -0.133. The molecule has 2 N–H and O–H groups in total. The second-order valence-electron chi connectivity index (χ2n) is 6.52. The third-order valence-electron chi connectivity index (χ3n) is 4.99. The zero-order chi connectivity index (χ0) is 17.1. The second kappa shape index (κ2) is 7.03. The fourth-order valence-electron chi connectivity index (χ4n) is 3.49. The van der Waals surface area contributed by atoms with Crippen LogP contribution in [0.15, 0.2) is 24.3 Å². The molecule has 24 heavy (non-hydrogen) atoms. The smallest absolute Gasteiger partial charge is 0.251 e. The number of carbonyl (C=O) groups is 3. The van der Waals surface area contributed by atoms with Crippen LogP contribution in [0.1, 0.15) is 41.6 Å². The van der Waals surface area contributed by atoms with Gasteiger partial charge < -0.3 is 15.5 Å². The van der Waals surface area contributed by atoms with Gasteiger partial charge in [-0.05, 0) is 24.5 Å². The Morgan fingerprint density at radius 3 is 2.67 bits per heavy atom. The number of carbonyl (C=O) groups excluding carboxylic acids is 3. The van der Waals surface area contributed by atoms with E-state index < -0.39 is 0 Å². The maximum absolute atomic E-state index is 12.4. The monoisotopic (exact) mass is 329 g/mol. The highest BCUT2D eigenvalue weighted by Crippen LogP contribution is 2.24. The average molecular weight is 329 g/mol. The van der Waals surface area contributed by atoms with E-state index in [0.29, 0.717) is 44.6 Å². The summed E-state index contributed by atoms with van der Waals surface area (Å²) in [5.74, 6) is 0.134. The van der Waals surface area contributed by atoms with Crippen LogP contribution < -0.4 is 10.6 Å². The van der Waals surface area contributed by atoms with E-state index in [9.17, 15) is 14.4 Å². The summed E-state index contributed by atoms with van der Waals surface area (Å²) < 4.78 is 0. The summed E-state index contributed by atoms with van der Waals surface area (Å²) in [7, 11) is 0. The predicted molar refractivity (Wildman–Crippen MR) is 89.5 cm³/mol. The Labute approximate surface area is 141 Å². The number of amides is 3. The van der Waals surface area contributed by atoms with Crippen molar-refractivity contribution in [1.29, 1.82) is 0 Å². The number of fused-ring (bicyclic) bond motifs is 1. The number of nitrogens with zero attached hydrogens (tertiary/aromatic N) is 1. The van der Waals surface area contributed by atoms with Crippen molar-refractivity contribution in [2.45, 2.75) is 25.7 Å². The van der Waals surface area contributed by atoms with Gasteiger partial charge in [0.1, 0.15) is 0 Å². The number of hydrogen-bond acceptors (Lipinski definition) is 3. The first kappa shape index (κ1) is 16.5. The molecule has 2 aliphatic rings. The van der Waals surface area contributed by atoms with E-state index in [4.69, 9.17) is 0 Å². The second-order valence-corrected chi connectivity index (χ2v) is 6.52. The van der Waals surface area contributed by atoms with Crippen LogP contribution in [0.2, 0.25) is 0 Å². The molecule has 6 heteroatoms. The van der Waals surface area contributed by atoms with Crippen LogP contribution in [0.4, 0.5) is 0 Å². The Morgan fingerprint density at radius 1 is 1.25 bits per heavy atom. The Balaban J connectivity index is 1.55. The summed E-state index contributed by atoms with van der Waals surface area (Å²) in [5.41, 5.74) is 1.69. The molecule has 1 unspecified atom stereocenters. The highest BCUT2D eigenvalue weighted by Gasteiger charge is 2.28. The van der Waals surface area contributed by atoms with Crippen LogP contribution in [0.3, 0.4) is 0 Å². The van der Waals surface area contributed by atoms with Crippen LogP contribution in [0.5, 0.6) is 0 Å². The maximum Gasteiger partial charge on any atom is 0.251 e. The molecular formula is C18H23N3O3. The topological polar surface area (TPSA) is 78.5 Å². The van der Waals surface area contributed by atoms with Gasteiger partial charge in [0.2, 0.25) is 11.8 Å². The van der Waals surface area contributed by atoms with E-state index in [1.165, 1.54) is 0 Å². The molecule has 0 aliphatic carbocycles. The van der Waals surface area contributed by atoms with Crippen molar-refractivity contribution in [3.8, 4) is 0 Å². The molecular weight excluding hydrogens is 306 g/mol. The van der Waals surface area contributed by atoms with Gasteiger partial charge in [0.25, 0.3) is 5.91 Å². The van der Waals surface area contributed by atoms with E-state index in [1.54, 1.807) is 11.8 Å². The molecule has 3 rings (SSSR count). The molecule has 1 saturated heterocycles. The molecule has 1 aromatic rings. The lowest BCUT2D eigenvalue weighted by atomic mass is 9.90. The van der Waals surface area contributed by atoms with Crippen molar-refractivity contribution in [1.82, 2.24) is 15.5 Å². The van der Waals surface area contributed by atoms with Gasteiger partial charge in [-0.15, -0.1) is 0 Å². The number of hydrogen-bond donors (Lipinski definition) is 2. The molecule has 0 bridgehead atoms. The van der Waals surface area contributed by atoms with Crippen molar-refractivity contribution < 1.29 is 14.4 Å². The molecule has 2 aliphatic heterocycles. The van der Waals surface area contributed by atoms with Crippen molar-refractivity contribution in [3.05, 3.63) is 35.4 Å². The van der Waals surface area contributed by atoms with Gasteiger partial charge in [0.15, 0.2) is 0 Å². The Kier molecular flexibility index (Phi) is 4.83. The minimum atomic E-state index is -0.0511. The predicted octanol–water partition coefficient (Wildman–Crippen LogP) is 0.888. The standard InChI is InChI=1S/C18H23N3O3/c1-12(22)21-8-6-13(7-9-21)17(23)19-10-14-11-20-18(24)16-5-3-2-4-15(14)16/h2-5,13-14H,6-11H2,1H3,(H,19,23)(H,20,24). The first-order chi connectivity index (χ1) is 11.6. The molecule has 1 atom stereocenters. The third-order valence-corrected chi connectivity index (χ3v) is 4.99. The van der Waals surface area contributed by atoms with Gasteiger partial charge in [0.05, 0.1) is 0 Å². The number of piperidine rings is 1. The molecule has 6 nitrogen and oxygen atoms in total. The van der Waals surface area contributed by atoms with Gasteiger partial charge >= 0.3 is 0 Å². The highest BCUT2D eigenvalue weighted by molar-refractivity contribution is 5.97. The normalized spacial score (nSPS) is 21.0. The summed E-state index contributed by atoms with van der Waals surface area (Å²) in [5, 5.41) is 5.90. The molecule has 0 spiro atoms. The number of nitrogens with one attached hydrogen (secondary N) is 2. The number of rotatable bonds is 3. The average Bonchev–Trinajstić information content (AvgIpc) is 2.61. The van der Waals surface area contributed by atoms with E-state index in [-0.39, 0.29) is 29.6 Å². The summed E-state index contributed by atoms with van der Waals surface area (Å²) in [6.07, 6.45) is 1.42. The van der Waals surface area contributed by atoms with Crippen LogP contribution in [0, 0.1) is 5.92 Å². The number of likely N-dealkylation sites (tertiary alicyclic amines) is 1. The lowest BCUT2D eigenvalue weighted by Gasteiger charge is -2.31. The first-order valence-electron chi connectivity index (χ1n) is 8.46. The minimum Gasteiger partial charge on any atom is -0.355 e. The van der Waals surface area contributed by atoms with Crippen LogP contribution in [-0.4, -0.2) is 48.8 Å². The fraction of sp³-hybridized carbons (Fsp3) is 0.500. The van der Waals surface area contributed by atoms with Gasteiger partial charge in [-0.1, -0.05) is 18.2 Å². The molecule has 3 amide bonds. The summed E-state index contributed by atoms with van der Waals surface area (Å²) in [4.78, 5) is 37.4. The van der Waals surface area contributed by atoms with E-state index in [0.717, 1.165) is 5.56 Å². The highest BCUT2D eigenvalue weighted by atomic mass is 16.2. The van der Waals surface area contributed by atoms with Crippen molar-refractivity contribution >= 4 is 17.7 Å². The summed E-state index contributed by atoms with van der Waals surface area (Å²) in [6.45, 7) is 3.92. The molecule has 0 radical (unpaired) electrons. The molecule has 0 aromatic heterocycles. The van der Waals surface area contributed by atoms with Gasteiger partial charge in [-0.25, -0.2) is 0 Å². The van der Waals surface area contributed by atoms with Crippen LogP contribution >= 0.6 is 0 Å². The molecule has 1 fully saturated rings. The van der Waals surface area contributed by atoms with Gasteiger partial charge in [0, 0.05) is 50.5 Å². The first-order valence-corrected chi connectivity index (χ1v) is 8.46. The van der Waals surface area contributed by atoms with Crippen LogP contribution in [0.25, 0.3) is 0 Å². The van der Waals surface area contributed by atoms with Gasteiger partial charge in [-0.3, -0.25) is 14.4 Å². The van der Waals surface area contributed by atoms with E-state index >= 15 is 0 Å². The van der Waals surface area contributed by atoms with Crippen molar-refractivity contribution in [3.63, 3.8) is 0 Å². The summed E-state index contributed by atoms with van der Waals surface area (Å²) >= 11 is 0.